The van der Waals surface area contributed by atoms with Crippen molar-refractivity contribution in [2.24, 2.45) is 0 Å². The van der Waals surface area contributed by atoms with E-state index in [9.17, 15) is 4.79 Å². The largest absolute Gasteiger partial charge is 0.343 e. The number of halogens is 2. The van der Waals surface area contributed by atoms with E-state index in [2.05, 4.69) is 31.4 Å². The highest BCUT2D eigenvalue weighted by atomic mass is 79.9. The average molecular weight is 331 g/mol. The zero-order valence-electron chi connectivity index (χ0n) is 9.41. The summed E-state index contributed by atoms with van der Waals surface area (Å²) in [6.45, 7) is 1.90. The van der Waals surface area contributed by atoms with Crippen LogP contribution in [0.3, 0.4) is 0 Å². The molecule has 2 rings (SSSR count). The normalized spacial score (nSPS) is 10.4. The Morgan fingerprint density at radius 2 is 2.33 bits per heavy atom. The zero-order chi connectivity index (χ0) is 13.1. The number of aromatic nitrogens is 2. The van der Waals surface area contributed by atoms with Gasteiger partial charge in [-0.3, -0.25) is 4.79 Å². The van der Waals surface area contributed by atoms with Crippen molar-refractivity contribution in [3.8, 4) is 0 Å². The van der Waals surface area contributed by atoms with Crippen molar-refractivity contribution in [2.45, 2.75) is 13.5 Å². The second-order valence-electron chi connectivity index (χ2n) is 3.55. The fourth-order valence-corrected chi connectivity index (χ4v) is 1.73. The molecule has 1 aromatic heterocycles. The minimum Gasteiger partial charge on any atom is -0.343 e. The number of hydrogen-bond donors (Lipinski definition) is 1. The molecule has 0 aliphatic rings. The highest BCUT2D eigenvalue weighted by Crippen LogP contribution is 2.23. The third-order valence-corrected chi connectivity index (χ3v) is 3.38. The SMILES string of the molecule is Cc1noc(CNC(=O)c2ccc(Br)c(Cl)c2)n1. The quantitative estimate of drug-likeness (QED) is 0.939. The van der Waals surface area contributed by atoms with Gasteiger partial charge in [-0.15, -0.1) is 0 Å². The molecule has 0 aliphatic heterocycles. The average Bonchev–Trinajstić information content (AvgIpc) is 2.75. The molecule has 1 aromatic carbocycles. The summed E-state index contributed by atoms with van der Waals surface area (Å²) in [7, 11) is 0. The molecule has 0 unspecified atom stereocenters. The first-order valence-electron chi connectivity index (χ1n) is 5.08. The van der Waals surface area contributed by atoms with E-state index in [1.807, 2.05) is 0 Å². The summed E-state index contributed by atoms with van der Waals surface area (Å²) >= 11 is 9.17. The Kier molecular flexibility index (Phi) is 3.98. The van der Waals surface area contributed by atoms with Crippen LogP contribution in [0.25, 0.3) is 0 Å². The lowest BCUT2D eigenvalue weighted by Crippen LogP contribution is -2.22. The van der Waals surface area contributed by atoms with Gasteiger partial charge < -0.3 is 9.84 Å². The first-order valence-corrected chi connectivity index (χ1v) is 6.26. The maximum Gasteiger partial charge on any atom is 0.251 e. The molecule has 0 aliphatic carbocycles. The van der Waals surface area contributed by atoms with Gasteiger partial charge in [0.05, 0.1) is 11.6 Å². The molecule has 2 aromatic rings. The molecule has 1 N–H and O–H groups in total. The molecule has 0 saturated heterocycles. The lowest BCUT2D eigenvalue weighted by Gasteiger charge is -2.03. The Balaban J connectivity index is 2.01. The minimum absolute atomic E-state index is 0.188. The van der Waals surface area contributed by atoms with Crippen molar-refractivity contribution in [2.75, 3.05) is 0 Å². The molecule has 5 nitrogen and oxygen atoms in total. The van der Waals surface area contributed by atoms with Crippen LogP contribution < -0.4 is 5.32 Å². The van der Waals surface area contributed by atoms with Crippen LogP contribution in [0.5, 0.6) is 0 Å². The van der Waals surface area contributed by atoms with Crippen LogP contribution in [0.1, 0.15) is 22.1 Å². The summed E-state index contributed by atoms with van der Waals surface area (Å²) in [5.41, 5.74) is 0.472. The van der Waals surface area contributed by atoms with Gasteiger partial charge >= 0.3 is 0 Å². The predicted molar refractivity (Wildman–Crippen MR) is 69.4 cm³/mol. The van der Waals surface area contributed by atoms with Crippen molar-refractivity contribution in [1.29, 1.82) is 0 Å². The van der Waals surface area contributed by atoms with Crippen LogP contribution in [0, 0.1) is 6.92 Å². The number of rotatable bonds is 3. The number of nitrogens with zero attached hydrogens (tertiary/aromatic N) is 2. The second kappa shape index (κ2) is 5.49. The maximum atomic E-state index is 11.8. The number of hydrogen-bond acceptors (Lipinski definition) is 4. The van der Waals surface area contributed by atoms with Gasteiger partial charge in [0.2, 0.25) is 5.89 Å². The number of carbonyl (C=O) groups is 1. The Morgan fingerprint density at radius 1 is 1.56 bits per heavy atom. The Labute approximate surface area is 117 Å². The van der Waals surface area contributed by atoms with Crippen molar-refractivity contribution >= 4 is 33.4 Å². The fourth-order valence-electron chi connectivity index (χ4n) is 1.31. The third-order valence-electron chi connectivity index (χ3n) is 2.15. The monoisotopic (exact) mass is 329 g/mol. The summed E-state index contributed by atoms with van der Waals surface area (Å²) in [5, 5.41) is 6.78. The number of benzene rings is 1. The van der Waals surface area contributed by atoms with Crippen molar-refractivity contribution < 1.29 is 9.32 Å². The lowest BCUT2D eigenvalue weighted by molar-refractivity contribution is 0.0946. The van der Waals surface area contributed by atoms with E-state index < -0.39 is 0 Å². The van der Waals surface area contributed by atoms with Gasteiger partial charge in [0.1, 0.15) is 0 Å². The highest BCUT2D eigenvalue weighted by Gasteiger charge is 2.09. The van der Waals surface area contributed by atoms with Crippen LogP contribution >= 0.6 is 27.5 Å². The van der Waals surface area contributed by atoms with Crippen molar-refractivity contribution in [3.05, 3.63) is 45.0 Å². The summed E-state index contributed by atoms with van der Waals surface area (Å²) in [5.74, 6) is 0.648. The molecule has 1 heterocycles. The van der Waals surface area contributed by atoms with Gasteiger partial charge in [-0.1, -0.05) is 16.8 Å². The van der Waals surface area contributed by atoms with Crippen LogP contribution in [0.4, 0.5) is 0 Å². The van der Waals surface area contributed by atoms with E-state index in [4.69, 9.17) is 16.1 Å². The first-order chi connectivity index (χ1) is 8.56. The summed E-state index contributed by atoms with van der Waals surface area (Å²) in [4.78, 5) is 15.8. The zero-order valence-corrected chi connectivity index (χ0v) is 11.7. The maximum absolute atomic E-state index is 11.8. The fraction of sp³-hybridized carbons (Fsp3) is 0.182. The molecule has 0 saturated carbocycles. The van der Waals surface area contributed by atoms with Gasteiger partial charge in [-0.2, -0.15) is 4.98 Å². The molecule has 0 fully saturated rings. The van der Waals surface area contributed by atoms with Crippen LogP contribution in [0.15, 0.2) is 27.2 Å². The molecular weight excluding hydrogens is 321 g/mol. The van der Waals surface area contributed by atoms with Gasteiger partial charge in [0.25, 0.3) is 5.91 Å². The summed E-state index contributed by atoms with van der Waals surface area (Å²) in [6, 6.07) is 4.97. The topological polar surface area (TPSA) is 68.0 Å². The van der Waals surface area contributed by atoms with Crippen LogP contribution in [-0.4, -0.2) is 16.0 Å². The van der Waals surface area contributed by atoms with E-state index in [0.29, 0.717) is 22.3 Å². The van der Waals surface area contributed by atoms with Crippen LogP contribution in [0.2, 0.25) is 5.02 Å². The highest BCUT2D eigenvalue weighted by molar-refractivity contribution is 9.10. The van der Waals surface area contributed by atoms with E-state index >= 15 is 0 Å². The minimum atomic E-state index is -0.250. The van der Waals surface area contributed by atoms with Crippen LogP contribution in [-0.2, 0) is 6.54 Å². The molecule has 0 radical (unpaired) electrons. The molecule has 94 valence electrons. The number of carbonyl (C=O) groups excluding carboxylic acids is 1. The van der Waals surface area contributed by atoms with Crippen molar-refractivity contribution in [3.63, 3.8) is 0 Å². The van der Waals surface area contributed by atoms with Gasteiger partial charge in [-0.05, 0) is 41.1 Å². The Hall–Kier alpha value is -1.40. The summed E-state index contributed by atoms with van der Waals surface area (Å²) in [6.07, 6.45) is 0. The summed E-state index contributed by atoms with van der Waals surface area (Å²) < 4.78 is 5.63. The number of nitrogens with one attached hydrogen (secondary N) is 1. The Bertz CT molecular complexity index is 585. The van der Waals surface area contributed by atoms with Gasteiger partial charge in [-0.25, -0.2) is 0 Å². The molecule has 1 amide bonds. The standard InChI is InChI=1S/C11H9BrClN3O2/c1-6-15-10(18-16-6)5-14-11(17)7-2-3-8(12)9(13)4-7/h2-4H,5H2,1H3,(H,14,17). The molecule has 0 atom stereocenters. The smallest absolute Gasteiger partial charge is 0.251 e. The molecule has 7 heteroatoms. The van der Waals surface area contributed by atoms with Gasteiger partial charge in [0.15, 0.2) is 5.82 Å². The van der Waals surface area contributed by atoms with Gasteiger partial charge in [0, 0.05) is 10.0 Å². The van der Waals surface area contributed by atoms with E-state index in [1.54, 1.807) is 25.1 Å². The number of aryl methyl sites for hydroxylation is 1. The molecule has 18 heavy (non-hydrogen) atoms. The molecule has 0 bridgehead atoms. The second-order valence-corrected chi connectivity index (χ2v) is 4.81. The van der Waals surface area contributed by atoms with E-state index in [-0.39, 0.29) is 12.5 Å². The molecule has 0 spiro atoms. The first kappa shape index (κ1) is 13.0. The third kappa shape index (κ3) is 3.08. The Morgan fingerprint density at radius 3 is 2.94 bits per heavy atom. The predicted octanol–water partition coefficient (Wildman–Crippen LogP) is 2.72. The lowest BCUT2D eigenvalue weighted by atomic mass is 10.2. The number of amides is 1. The van der Waals surface area contributed by atoms with E-state index in [0.717, 1.165) is 4.47 Å². The molecular formula is C11H9BrClN3O2. The van der Waals surface area contributed by atoms with Crippen molar-refractivity contribution in [1.82, 2.24) is 15.5 Å². The van der Waals surface area contributed by atoms with E-state index in [1.165, 1.54) is 0 Å².